The third-order valence-corrected chi connectivity index (χ3v) is 3.56. The second-order valence-electron chi connectivity index (χ2n) is 4.98. The minimum atomic E-state index is -0.564. The van der Waals surface area contributed by atoms with Gasteiger partial charge in [0.05, 0.1) is 33.2 Å². The van der Waals surface area contributed by atoms with E-state index in [0.717, 1.165) is 5.56 Å². The van der Waals surface area contributed by atoms with Crippen LogP contribution in [-0.4, -0.2) is 12.7 Å². The molecule has 0 radical (unpaired) electrons. The normalized spacial score (nSPS) is 9.44. The first-order chi connectivity index (χ1) is 12.0. The molecule has 0 aliphatic rings. The monoisotopic (exact) mass is 352 g/mol. The Labute approximate surface area is 149 Å². The molecule has 0 bridgehead atoms. The van der Waals surface area contributed by atoms with Gasteiger partial charge in [0, 0.05) is 0 Å². The fourth-order valence-corrected chi connectivity index (χ4v) is 2.18. The zero-order valence-corrected chi connectivity index (χ0v) is 14.0. The lowest BCUT2D eigenvalue weighted by Crippen LogP contribution is -2.33. The lowest BCUT2D eigenvalue weighted by atomic mass is 10.1. The molecule has 0 saturated carbocycles. The van der Waals surface area contributed by atoms with Crippen molar-refractivity contribution < 1.29 is 4.79 Å². The van der Waals surface area contributed by atoms with E-state index in [1.807, 2.05) is 25.1 Å². The Kier molecular flexibility index (Phi) is 5.57. The highest BCUT2D eigenvalue weighted by atomic mass is 35.5. The van der Waals surface area contributed by atoms with E-state index in [0.29, 0.717) is 22.1 Å². The van der Waals surface area contributed by atoms with Gasteiger partial charge < -0.3 is 5.32 Å². The van der Waals surface area contributed by atoms with Crippen LogP contribution >= 0.6 is 11.6 Å². The molecule has 0 aromatic heterocycles. The standard InChI is InChI=1S/C17H13ClN6O/c1-10-3-4-13(18)14(5-10)22-17(25)24-23-16-7-12(9-20)11(8-19)6-15(16)21-2/h3-7,23H,2H2,1H3,(H2,22,24,25). The van der Waals surface area contributed by atoms with Crippen LogP contribution in [0.4, 0.5) is 21.9 Å². The lowest BCUT2D eigenvalue weighted by Gasteiger charge is -2.13. The van der Waals surface area contributed by atoms with Crippen molar-refractivity contribution in [3.05, 3.63) is 52.0 Å². The van der Waals surface area contributed by atoms with E-state index in [9.17, 15) is 4.79 Å². The van der Waals surface area contributed by atoms with Crippen LogP contribution in [0.5, 0.6) is 0 Å². The van der Waals surface area contributed by atoms with Crippen molar-refractivity contribution in [3.63, 3.8) is 0 Å². The number of carbonyl (C=O) groups is 1. The Morgan fingerprint density at radius 1 is 1.16 bits per heavy atom. The van der Waals surface area contributed by atoms with Crippen LogP contribution in [0.2, 0.25) is 5.02 Å². The van der Waals surface area contributed by atoms with Gasteiger partial charge in [0.25, 0.3) is 0 Å². The largest absolute Gasteiger partial charge is 0.337 e. The van der Waals surface area contributed by atoms with E-state index >= 15 is 0 Å². The van der Waals surface area contributed by atoms with Gasteiger partial charge in [0.15, 0.2) is 0 Å². The summed E-state index contributed by atoms with van der Waals surface area (Å²) in [6, 6.07) is 11.3. The summed E-state index contributed by atoms with van der Waals surface area (Å²) in [6.45, 7) is 5.29. The van der Waals surface area contributed by atoms with Crippen LogP contribution in [0.25, 0.3) is 0 Å². The molecule has 0 aliphatic carbocycles. The van der Waals surface area contributed by atoms with E-state index < -0.39 is 6.03 Å². The minimum Gasteiger partial charge on any atom is -0.305 e. The summed E-state index contributed by atoms with van der Waals surface area (Å²) >= 11 is 6.03. The van der Waals surface area contributed by atoms with E-state index in [-0.39, 0.29) is 11.1 Å². The Morgan fingerprint density at radius 3 is 2.48 bits per heavy atom. The number of hydrogen-bond acceptors (Lipinski definition) is 5. The molecule has 25 heavy (non-hydrogen) atoms. The lowest BCUT2D eigenvalue weighted by molar-refractivity contribution is 0.254. The Bertz CT molecular complexity index is 926. The van der Waals surface area contributed by atoms with Gasteiger partial charge in [-0.05, 0) is 43.5 Å². The molecule has 0 fully saturated rings. The van der Waals surface area contributed by atoms with Gasteiger partial charge in [-0.15, -0.1) is 0 Å². The van der Waals surface area contributed by atoms with Gasteiger partial charge in [-0.2, -0.15) is 10.5 Å². The van der Waals surface area contributed by atoms with Gasteiger partial charge in [0.1, 0.15) is 12.1 Å². The molecule has 124 valence electrons. The number of amides is 2. The van der Waals surface area contributed by atoms with Crippen molar-refractivity contribution in [2.75, 3.05) is 10.7 Å². The Balaban J connectivity index is 2.14. The number of hydrazine groups is 1. The number of carbonyl (C=O) groups excluding carboxylic acids is 1. The summed E-state index contributed by atoms with van der Waals surface area (Å²) in [5.41, 5.74) is 7.44. The fraction of sp³-hybridized carbons (Fsp3) is 0.0588. The first-order valence-electron chi connectivity index (χ1n) is 7.02. The number of rotatable bonds is 4. The van der Waals surface area contributed by atoms with E-state index in [1.54, 1.807) is 12.1 Å². The number of aliphatic imine (C=N–C) groups is 1. The molecule has 0 unspecified atom stereocenters. The third-order valence-electron chi connectivity index (χ3n) is 3.23. The van der Waals surface area contributed by atoms with Crippen molar-refractivity contribution >= 4 is 41.4 Å². The number of nitriles is 2. The molecular formula is C17H13ClN6O. The third kappa shape index (κ3) is 4.25. The first-order valence-corrected chi connectivity index (χ1v) is 7.40. The van der Waals surface area contributed by atoms with Gasteiger partial charge in [-0.25, -0.2) is 4.79 Å². The molecule has 0 spiro atoms. The number of halogens is 1. The van der Waals surface area contributed by atoms with Crippen LogP contribution < -0.4 is 16.2 Å². The topological polar surface area (TPSA) is 113 Å². The molecule has 2 aromatic carbocycles. The summed E-state index contributed by atoms with van der Waals surface area (Å²) < 4.78 is 0. The maximum atomic E-state index is 12.0. The molecule has 7 nitrogen and oxygen atoms in total. The average Bonchev–Trinajstić information content (AvgIpc) is 2.62. The summed E-state index contributed by atoms with van der Waals surface area (Å²) in [5, 5.41) is 21.1. The van der Waals surface area contributed by atoms with Crippen molar-refractivity contribution in [2.45, 2.75) is 6.92 Å². The highest BCUT2D eigenvalue weighted by Gasteiger charge is 2.11. The Morgan fingerprint density at radius 2 is 1.84 bits per heavy atom. The number of nitrogens with zero attached hydrogens (tertiary/aromatic N) is 3. The maximum Gasteiger partial charge on any atom is 0.337 e. The zero-order valence-electron chi connectivity index (χ0n) is 13.2. The summed E-state index contributed by atoms with van der Waals surface area (Å²) in [7, 11) is 0. The predicted octanol–water partition coefficient (Wildman–Crippen LogP) is 3.87. The van der Waals surface area contributed by atoms with Crippen molar-refractivity contribution in [1.82, 2.24) is 5.43 Å². The predicted molar refractivity (Wildman–Crippen MR) is 97.0 cm³/mol. The van der Waals surface area contributed by atoms with Crippen molar-refractivity contribution in [2.24, 2.45) is 4.99 Å². The van der Waals surface area contributed by atoms with E-state index in [1.165, 1.54) is 12.1 Å². The van der Waals surface area contributed by atoms with Gasteiger partial charge in [-0.3, -0.25) is 15.8 Å². The fourth-order valence-electron chi connectivity index (χ4n) is 2.02. The number of nitrogens with one attached hydrogen (secondary N) is 3. The van der Waals surface area contributed by atoms with Crippen molar-refractivity contribution in [3.8, 4) is 12.1 Å². The number of anilines is 2. The molecule has 2 rings (SSSR count). The number of benzene rings is 2. The maximum absolute atomic E-state index is 12.0. The number of urea groups is 1. The molecule has 0 heterocycles. The van der Waals surface area contributed by atoms with Crippen LogP contribution in [0, 0.1) is 29.6 Å². The summed E-state index contributed by atoms with van der Waals surface area (Å²) in [5.74, 6) is 0. The van der Waals surface area contributed by atoms with Crippen LogP contribution in [0.1, 0.15) is 16.7 Å². The first kappa shape index (κ1) is 17.8. The average molecular weight is 353 g/mol. The smallest absolute Gasteiger partial charge is 0.305 e. The number of hydrogen-bond donors (Lipinski definition) is 3. The second-order valence-corrected chi connectivity index (χ2v) is 5.39. The van der Waals surface area contributed by atoms with Crippen LogP contribution in [-0.2, 0) is 0 Å². The summed E-state index contributed by atoms with van der Waals surface area (Å²) in [4.78, 5) is 15.8. The molecule has 8 heteroatoms. The van der Waals surface area contributed by atoms with Crippen LogP contribution in [0.3, 0.4) is 0 Å². The van der Waals surface area contributed by atoms with Gasteiger partial charge >= 0.3 is 6.03 Å². The summed E-state index contributed by atoms with van der Waals surface area (Å²) in [6.07, 6.45) is 0. The highest BCUT2D eigenvalue weighted by molar-refractivity contribution is 6.33. The molecule has 3 N–H and O–H groups in total. The second kappa shape index (κ2) is 7.82. The zero-order chi connectivity index (χ0) is 18.4. The van der Waals surface area contributed by atoms with Gasteiger partial charge in [0.2, 0.25) is 0 Å². The Hall–Kier alpha value is -3.55. The van der Waals surface area contributed by atoms with E-state index in [4.69, 9.17) is 22.1 Å². The van der Waals surface area contributed by atoms with Crippen LogP contribution in [0.15, 0.2) is 35.3 Å². The minimum absolute atomic E-state index is 0.154. The number of aryl methyl sites for hydroxylation is 1. The quantitative estimate of drug-likeness (QED) is 0.572. The molecule has 0 aliphatic heterocycles. The molecule has 2 aromatic rings. The van der Waals surface area contributed by atoms with Gasteiger partial charge in [-0.1, -0.05) is 17.7 Å². The highest BCUT2D eigenvalue weighted by Crippen LogP contribution is 2.28. The van der Waals surface area contributed by atoms with E-state index in [2.05, 4.69) is 27.9 Å². The van der Waals surface area contributed by atoms with Crippen molar-refractivity contribution in [1.29, 1.82) is 10.5 Å². The molecule has 2 amide bonds. The SMILES string of the molecule is C=Nc1cc(C#N)c(C#N)cc1NNC(=O)Nc1cc(C)ccc1Cl. The molecular weight excluding hydrogens is 340 g/mol. The molecule has 0 saturated heterocycles. The molecule has 0 atom stereocenters.